The van der Waals surface area contributed by atoms with Crippen LogP contribution in [-0.4, -0.2) is 31.4 Å². The molecule has 8 heteroatoms. The van der Waals surface area contributed by atoms with E-state index < -0.39 is 0 Å². The van der Waals surface area contributed by atoms with Crippen LogP contribution in [0.3, 0.4) is 0 Å². The van der Waals surface area contributed by atoms with Gasteiger partial charge in [-0.3, -0.25) is 4.79 Å². The molecule has 26 heavy (non-hydrogen) atoms. The van der Waals surface area contributed by atoms with Crippen LogP contribution in [0.5, 0.6) is 0 Å². The average molecular weight is 388 g/mol. The monoisotopic (exact) mass is 387 g/mol. The second-order valence-electron chi connectivity index (χ2n) is 5.91. The van der Waals surface area contributed by atoms with E-state index in [1.807, 2.05) is 37.5 Å². The Morgan fingerprint density at radius 1 is 1.19 bits per heavy atom. The molecule has 0 bridgehead atoms. The third-order valence-electron chi connectivity index (χ3n) is 3.95. The van der Waals surface area contributed by atoms with Gasteiger partial charge in [0.15, 0.2) is 16.1 Å². The number of thiazole rings is 1. The number of nitrogens with one attached hydrogen (secondary N) is 1. The Hall–Kier alpha value is -2.19. The molecular formula is C18H21N5OS2. The van der Waals surface area contributed by atoms with E-state index in [0.717, 1.165) is 33.7 Å². The Balaban J connectivity index is 1.68. The molecule has 3 rings (SSSR count). The highest BCUT2D eigenvalue weighted by molar-refractivity contribution is 7.99. The first kappa shape index (κ1) is 18.6. The van der Waals surface area contributed by atoms with Gasteiger partial charge in [0.2, 0.25) is 5.91 Å². The molecule has 6 nitrogen and oxygen atoms in total. The molecule has 3 aromatic rings. The van der Waals surface area contributed by atoms with Crippen LogP contribution in [0.4, 0.5) is 5.13 Å². The van der Waals surface area contributed by atoms with Gasteiger partial charge in [0.25, 0.3) is 0 Å². The molecule has 136 valence electrons. The summed E-state index contributed by atoms with van der Waals surface area (Å²) in [5.41, 5.74) is 3.18. The molecule has 0 saturated heterocycles. The maximum atomic E-state index is 12.2. The molecule has 0 unspecified atom stereocenters. The number of hydrogen-bond acceptors (Lipinski definition) is 6. The zero-order valence-corrected chi connectivity index (χ0v) is 16.9. The summed E-state index contributed by atoms with van der Waals surface area (Å²) in [5, 5.41) is 12.8. The first-order chi connectivity index (χ1) is 12.5. The number of carbonyl (C=O) groups excluding carboxylic acids is 1. The van der Waals surface area contributed by atoms with E-state index in [1.54, 1.807) is 0 Å². The lowest BCUT2D eigenvalue weighted by atomic mass is 10.1. The molecule has 0 radical (unpaired) electrons. The highest BCUT2D eigenvalue weighted by atomic mass is 32.2. The van der Waals surface area contributed by atoms with Gasteiger partial charge in [-0.05, 0) is 27.7 Å². The number of aryl methyl sites for hydroxylation is 3. The van der Waals surface area contributed by atoms with Crippen molar-refractivity contribution in [2.45, 2.75) is 39.4 Å². The number of thioether (sulfide) groups is 1. The van der Waals surface area contributed by atoms with Gasteiger partial charge in [0.1, 0.15) is 0 Å². The van der Waals surface area contributed by atoms with Crippen molar-refractivity contribution < 1.29 is 4.79 Å². The van der Waals surface area contributed by atoms with E-state index in [9.17, 15) is 4.79 Å². The number of anilines is 1. The molecule has 0 aliphatic carbocycles. The second kappa shape index (κ2) is 8.01. The minimum atomic E-state index is -0.0914. The van der Waals surface area contributed by atoms with Gasteiger partial charge < -0.3 is 9.88 Å². The van der Waals surface area contributed by atoms with E-state index in [0.29, 0.717) is 5.13 Å². The van der Waals surface area contributed by atoms with Crippen molar-refractivity contribution in [3.63, 3.8) is 0 Å². The lowest BCUT2D eigenvalue weighted by molar-refractivity contribution is -0.113. The van der Waals surface area contributed by atoms with Crippen LogP contribution >= 0.6 is 23.1 Å². The quantitative estimate of drug-likeness (QED) is 0.645. The number of rotatable bonds is 6. The maximum Gasteiger partial charge on any atom is 0.236 e. The molecule has 0 aliphatic rings. The molecule has 0 saturated carbocycles. The SMILES string of the molecule is CCn1c(SCC(=O)Nc2nc(C)c(C)s2)nnc1-c1ccc(C)cc1. The summed E-state index contributed by atoms with van der Waals surface area (Å²) < 4.78 is 2.03. The minimum absolute atomic E-state index is 0.0914. The summed E-state index contributed by atoms with van der Waals surface area (Å²) >= 11 is 2.87. The van der Waals surface area contributed by atoms with Crippen molar-refractivity contribution in [1.82, 2.24) is 19.7 Å². The zero-order valence-electron chi connectivity index (χ0n) is 15.2. The molecule has 1 aromatic carbocycles. The van der Waals surface area contributed by atoms with Crippen LogP contribution in [0.1, 0.15) is 23.1 Å². The third kappa shape index (κ3) is 4.13. The molecule has 0 fully saturated rings. The van der Waals surface area contributed by atoms with Gasteiger partial charge in [-0.15, -0.1) is 21.5 Å². The zero-order chi connectivity index (χ0) is 18.7. The number of nitrogens with zero attached hydrogens (tertiary/aromatic N) is 4. The molecule has 1 N–H and O–H groups in total. The summed E-state index contributed by atoms with van der Waals surface area (Å²) in [4.78, 5) is 17.6. The van der Waals surface area contributed by atoms with Crippen molar-refractivity contribution in [3.05, 3.63) is 40.4 Å². The Morgan fingerprint density at radius 2 is 1.92 bits per heavy atom. The molecule has 2 heterocycles. The summed E-state index contributed by atoms with van der Waals surface area (Å²) in [6.45, 7) is 8.78. The van der Waals surface area contributed by atoms with E-state index in [4.69, 9.17) is 0 Å². The molecule has 1 amide bonds. The summed E-state index contributed by atoms with van der Waals surface area (Å²) in [6.07, 6.45) is 0. The maximum absolute atomic E-state index is 12.2. The predicted molar refractivity (Wildman–Crippen MR) is 107 cm³/mol. The largest absolute Gasteiger partial charge is 0.302 e. The van der Waals surface area contributed by atoms with Gasteiger partial charge in [0, 0.05) is 17.0 Å². The van der Waals surface area contributed by atoms with E-state index >= 15 is 0 Å². The molecule has 2 aromatic heterocycles. The van der Waals surface area contributed by atoms with Gasteiger partial charge in [0.05, 0.1) is 11.4 Å². The summed E-state index contributed by atoms with van der Waals surface area (Å²) in [5.74, 6) is 0.997. The first-order valence-corrected chi connectivity index (χ1v) is 10.1. The smallest absolute Gasteiger partial charge is 0.236 e. The lowest BCUT2D eigenvalue weighted by Gasteiger charge is -2.07. The van der Waals surface area contributed by atoms with Crippen LogP contribution in [-0.2, 0) is 11.3 Å². The van der Waals surface area contributed by atoms with Crippen molar-refractivity contribution in [1.29, 1.82) is 0 Å². The van der Waals surface area contributed by atoms with Crippen LogP contribution in [0.25, 0.3) is 11.4 Å². The minimum Gasteiger partial charge on any atom is -0.302 e. The Morgan fingerprint density at radius 3 is 2.54 bits per heavy atom. The van der Waals surface area contributed by atoms with Gasteiger partial charge >= 0.3 is 0 Å². The number of benzene rings is 1. The Labute approximate surface area is 161 Å². The summed E-state index contributed by atoms with van der Waals surface area (Å²) in [7, 11) is 0. The fourth-order valence-corrected chi connectivity index (χ4v) is 4.04. The predicted octanol–water partition coefficient (Wildman–Crippen LogP) is 4.08. The lowest BCUT2D eigenvalue weighted by Crippen LogP contribution is -2.14. The fourth-order valence-electron chi connectivity index (χ4n) is 2.41. The average Bonchev–Trinajstić information content (AvgIpc) is 3.16. The van der Waals surface area contributed by atoms with Crippen molar-refractivity contribution >= 4 is 34.1 Å². The standard InChI is InChI=1S/C18H21N5OS2/c1-5-23-16(14-8-6-11(2)7-9-14)21-22-18(23)25-10-15(24)20-17-19-12(3)13(4)26-17/h6-9H,5,10H2,1-4H3,(H,19,20,24). The Bertz CT molecular complexity index is 895. The van der Waals surface area contributed by atoms with E-state index in [1.165, 1.54) is 28.7 Å². The second-order valence-corrected chi connectivity index (χ2v) is 8.06. The van der Waals surface area contributed by atoms with Crippen molar-refractivity contribution in [2.75, 3.05) is 11.1 Å². The van der Waals surface area contributed by atoms with Crippen LogP contribution in [0.2, 0.25) is 0 Å². The highest BCUT2D eigenvalue weighted by Crippen LogP contribution is 2.25. The van der Waals surface area contributed by atoms with Gasteiger partial charge in [-0.2, -0.15) is 0 Å². The van der Waals surface area contributed by atoms with Gasteiger partial charge in [-0.1, -0.05) is 41.6 Å². The van der Waals surface area contributed by atoms with Crippen molar-refractivity contribution in [3.8, 4) is 11.4 Å². The van der Waals surface area contributed by atoms with E-state index in [2.05, 4.69) is 39.6 Å². The topological polar surface area (TPSA) is 72.7 Å². The normalized spacial score (nSPS) is 10.9. The highest BCUT2D eigenvalue weighted by Gasteiger charge is 2.15. The fraction of sp³-hybridized carbons (Fsp3) is 0.333. The molecule has 0 spiro atoms. The van der Waals surface area contributed by atoms with Gasteiger partial charge in [-0.25, -0.2) is 4.98 Å². The number of aromatic nitrogens is 4. The number of carbonyl (C=O) groups is 1. The number of hydrogen-bond donors (Lipinski definition) is 1. The van der Waals surface area contributed by atoms with Crippen LogP contribution in [0.15, 0.2) is 29.4 Å². The Kier molecular flexibility index (Phi) is 5.73. The summed E-state index contributed by atoms with van der Waals surface area (Å²) in [6, 6.07) is 8.20. The molecular weight excluding hydrogens is 366 g/mol. The number of amides is 1. The molecule has 0 aliphatic heterocycles. The third-order valence-corrected chi connectivity index (χ3v) is 5.91. The molecule has 0 atom stereocenters. The van der Waals surface area contributed by atoms with Crippen LogP contribution in [0, 0.1) is 20.8 Å². The van der Waals surface area contributed by atoms with Crippen LogP contribution < -0.4 is 5.32 Å². The van der Waals surface area contributed by atoms with E-state index in [-0.39, 0.29) is 11.7 Å². The first-order valence-electron chi connectivity index (χ1n) is 8.35. The van der Waals surface area contributed by atoms with Crippen molar-refractivity contribution in [2.24, 2.45) is 0 Å².